The number of pyridine rings is 2. The lowest BCUT2D eigenvalue weighted by Gasteiger charge is -2.38. The number of fused-ring (bicyclic) bond motifs is 4. The quantitative estimate of drug-likeness (QED) is 0.196. The molecule has 6 amide bonds. The first-order valence-corrected chi connectivity index (χ1v) is 29.4. The highest BCUT2D eigenvalue weighted by Gasteiger charge is 2.39. The van der Waals surface area contributed by atoms with Crippen LogP contribution in [-0.2, 0) is 35.3 Å². The fourth-order valence-electron chi connectivity index (χ4n) is 12.5. The standard InChI is InChI=1S/2C27H31Br2ClN4O2/c2*28-20-12-19-2-1-18-13-21(30)14-22(29)24(18)25(26(19)32-15-20)17-5-9-33(10-6-17)23(35)11-16-3-7-34(8-4-16)27(31)36/h2*12-17,25H,1-11H2,(H2,31,36)/t2*25-/m11/s1. The SMILES string of the molecule is NC(=O)N1CCC(CC(=O)N2CCC([C@H]3c4ncc(Br)cc4CCc4cc(Cl)cc(Br)c43)CC2)CC1.NC(=O)N1CCC(CC(=O)N2CCC([C@H]3c4ncc(Br)cc4CCc4cc(Cl)cc(Br)c43)CC2)CC1. The Hall–Kier alpha value is -3.28. The number of aromatic nitrogens is 2. The van der Waals surface area contributed by atoms with Crippen LogP contribution in [0.15, 0.2) is 66.7 Å². The van der Waals surface area contributed by atoms with E-state index in [1.54, 1.807) is 9.80 Å². The van der Waals surface area contributed by atoms with Gasteiger partial charge in [0.1, 0.15) is 0 Å². The molecular formula is C54H62Br4Cl2N8O4. The second-order valence-corrected chi connectivity index (χ2v) is 25.1. The fraction of sp³-hybridized carbons (Fsp3) is 0.519. The number of amides is 6. The summed E-state index contributed by atoms with van der Waals surface area (Å²) in [5, 5.41) is 1.50. The molecule has 2 aliphatic carbocycles. The highest BCUT2D eigenvalue weighted by molar-refractivity contribution is 9.11. The highest BCUT2D eigenvalue weighted by Crippen LogP contribution is 2.48. The van der Waals surface area contributed by atoms with Crippen molar-refractivity contribution in [3.63, 3.8) is 0 Å². The Balaban J connectivity index is 0.000000178. The maximum atomic E-state index is 13.1. The molecule has 4 aliphatic heterocycles. The number of rotatable bonds is 6. The van der Waals surface area contributed by atoms with Crippen LogP contribution in [0, 0.1) is 23.7 Å². The molecule has 6 aliphatic rings. The van der Waals surface area contributed by atoms with Gasteiger partial charge in [0.05, 0.1) is 11.4 Å². The number of benzene rings is 2. The van der Waals surface area contributed by atoms with Crippen molar-refractivity contribution in [1.82, 2.24) is 29.6 Å². The minimum atomic E-state index is -0.362. The van der Waals surface area contributed by atoms with E-state index in [2.05, 4.69) is 88.0 Å². The van der Waals surface area contributed by atoms with Crippen LogP contribution in [0.1, 0.15) is 121 Å². The first-order valence-electron chi connectivity index (χ1n) is 25.5. The third-order valence-electron chi connectivity index (χ3n) is 16.3. The molecule has 0 radical (unpaired) electrons. The van der Waals surface area contributed by atoms with Crippen LogP contribution >= 0.6 is 86.9 Å². The maximum absolute atomic E-state index is 13.1. The lowest BCUT2D eigenvalue weighted by molar-refractivity contribution is -0.134. The van der Waals surface area contributed by atoms with E-state index in [0.717, 1.165) is 143 Å². The van der Waals surface area contributed by atoms with Gasteiger partial charge in [-0.05, 0) is 202 Å². The molecule has 72 heavy (non-hydrogen) atoms. The van der Waals surface area contributed by atoms with E-state index in [0.29, 0.717) is 62.7 Å². The number of hydrogen-bond donors (Lipinski definition) is 2. The molecule has 384 valence electrons. The van der Waals surface area contributed by atoms with E-state index < -0.39 is 0 Å². The van der Waals surface area contributed by atoms with Crippen molar-refractivity contribution in [2.45, 2.75) is 102 Å². The van der Waals surface area contributed by atoms with Crippen molar-refractivity contribution in [2.24, 2.45) is 35.1 Å². The summed E-state index contributed by atoms with van der Waals surface area (Å²) in [6.45, 7) is 5.68. The van der Waals surface area contributed by atoms with Crippen LogP contribution in [0.25, 0.3) is 0 Å². The molecule has 0 saturated carbocycles. The van der Waals surface area contributed by atoms with Gasteiger partial charge in [0.15, 0.2) is 0 Å². The number of urea groups is 2. The predicted molar refractivity (Wildman–Crippen MR) is 296 cm³/mol. The van der Waals surface area contributed by atoms with Crippen LogP contribution < -0.4 is 11.5 Å². The Morgan fingerprint density at radius 1 is 0.486 bits per heavy atom. The zero-order chi connectivity index (χ0) is 50.8. The number of primary amides is 2. The van der Waals surface area contributed by atoms with Gasteiger partial charge in [0.2, 0.25) is 11.8 Å². The zero-order valence-corrected chi connectivity index (χ0v) is 48.2. The Morgan fingerprint density at radius 3 is 1.17 bits per heavy atom. The monoisotopic (exact) mass is 1270 g/mol. The predicted octanol–water partition coefficient (Wildman–Crippen LogP) is 11.8. The molecule has 10 rings (SSSR count). The van der Waals surface area contributed by atoms with Crippen LogP contribution in [-0.4, -0.2) is 106 Å². The Labute approximate surface area is 466 Å². The largest absolute Gasteiger partial charge is 0.351 e. The number of hydrogen-bond acceptors (Lipinski definition) is 6. The van der Waals surface area contributed by atoms with Crippen LogP contribution in [0.3, 0.4) is 0 Å². The molecule has 6 heterocycles. The van der Waals surface area contributed by atoms with Crippen molar-refractivity contribution in [3.8, 4) is 0 Å². The summed E-state index contributed by atoms with van der Waals surface area (Å²) in [6, 6.07) is 11.9. The summed E-state index contributed by atoms with van der Waals surface area (Å²) < 4.78 is 4.11. The van der Waals surface area contributed by atoms with Crippen LogP contribution in [0.2, 0.25) is 10.0 Å². The first kappa shape index (κ1) is 53.5. The number of carbonyl (C=O) groups excluding carboxylic acids is 4. The smallest absolute Gasteiger partial charge is 0.314 e. The third-order valence-corrected chi connectivity index (χ3v) is 19.0. The second-order valence-electron chi connectivity index (χ2n) is 20.7. The Morgan fingerprint density at radius 2 is 0.819 bits per heavy atom. The topological polar surface area (TPSA) is 159 Å². The lowest BCUT2D eigenvalue weighted by Crippen LogP contribution is -2.44. The van der Waals surface area contributed by atoms with Crippen molar-refractivity contribution in [1.29, 1.82) is 0 Å². The summed E-state index contributed by atoms with van der Waals surface area (Å²) >= 11 is 27.7. The average molecular weight is 1280 g/mol. The minimum absolute atomic E-state index is 0.174. The van der Waals surface area contributed by atoms with E-state index in [1.807, 2.05) is 34.3 Å². The molecule has 2 aromatic carbocycles. The van der Waals surface area contributed by atoms with Gasteiger partial charge >= 0.3 is 12.1 Å². The van der Waals surface area contributed by atoms with Gasteiger partial charge in [-0.15, -0.1) is 0 Å². The minimum Gasteiger partial charge on any atom is -0.351 e. The molecular weight excluding hydrogens is 1220 g/mol. The summed E-state index contributed by atoms with van der Waals surface area (Å²) in [6.07, 6.45) is 15.8. The maximum Gasteiger partial charge on any atom is 0.314 e. The van der Waals surface area contributed by atoms with E-state index in [9.17, 15) is 19.2 Å². The van der Waals surface area contributed by atoms with Crippen LogP contribution in [0.4, 0.5) is 9.59 Å². The first-order chi connectivity index (χ1) is 34.6. The fourth-order valence-corrected chi connectivity index (χ4v) is 15.5. The van der Waals surface area contributed by atoms with Crippen molar-refractivity contribution >= 4 is 111 Å². The van der Waals surface area contributed by atoms with Crippen LogP contribution in [0.5, 0.6) is 0 Å². The van der Waals surface area contributed by atoms with Gasteiger partial charge in [-0.25, -0.2) is 9.59 Å². The normalized spacial score (nSPS) is 21.0. The van der Waals surface area contributed by atoms with Gasteiger partial charge in [0.25, 0.3) is 0 Å². The number of nitrogens with two attached hydrogens (primary N) is 2. The molecule has 0 bridgehead atoms. The van der Waals surface area contributed by atoms with Gasteiger partial charge in [-0.2, -0.15) is 0 Å². The molecule has 0 spiro atoms. The lowest BCUT2D eigenvalue weighted by atomic mass is 9.76. The van der Waals surface area contributed by atoms with Gasteiger partial charge < -0.3 is 31.1 Å². The van der Waals surface area contributed by atoms with Gasteiger partial charge in [-0.3, -0.25) is 19.6 Å². The van der Waals surface area contributed by atoms with Crippen molar-refractivity contribution in [3.05, 3.63) is 121 Å². The summed E-state index contributed by atoms with van der Waals surface area (Å²) in [7, 11) is 0. The number of carbonyl (C=O) groups is 4. The van der Waals surface area contributed by atoms with E-state index in [-0.39, 0.29) is 35.7 Å². The van der Waals surface area contributed by atoms with Gasteiger partial charge in [-0.1, -0.05) is 55.1 Å². The Bertz CT molecular complexity index is 2500. The summed E-state index contributed by atoms with van der Waals surface area (Å²) in [5.41, 5.74) is 20.9. The van der Waals surface area contributed by atoms with Gasteiger partial charge in [0, 0.05) is 117 Å². The highest BCUT2D eigenvalue weighted by atomic mass is 79.9. The number of likely N-dealkylation sites (tertiary alicyclic amines) is 4. The molecule has 12 nitrogen and oxygen atoms in total. The Kier molecular flexibility index (Phi) is 17.6. The summed E-state index contributed by atoms with van der Waals surface area (Å²) in [5.74, 6) is 2.28. The molecule has 4 N–H and O–H groups in total. The number of piperidine rings is 4. The third kappa shape index (κ3) is 12.4. The van der Waals surface area contributed by atoms with Crippen molar-refractivity contribution in [2.75, 3.05) is 52.4 Å². The van der Waals surface area contributed by atoms with E-state index in [4.69, 9.17) is 44.6 Å². The molecule has 2 atom stereocenters. The van der Waals surface area contributed by atoms with Crippen molar-refractivity contribution < 1.29 is 19.2 Å². The van der Waals surface area contributed by atoms with E-state index >= 15 is 0 Å². The second kappa shape index (κ2) is 23.7. The average Bonchev–Trinajstić information content (AvgIpc) is 3.62. The zero-order valence-electron chi connectivity index (χ0n) is 40.4. The molecule has 2 aromatic heterocycles. The number of halogens is 6. The molecule has 4 fully saturated rings. The number of nitrogens with zero attached hydrogens (tertiary/aromatic N) is 6. The summed E-state index contributed by atoms with van der Waals surface area (Å²) in [4.78, 5) is 66.3. The van der Waals surface area contributed by atoms with E-state index in [1.165, 1.54) is 33.4 Å². The molecule has 4 saturated heterocycles. The molecule has 4 aromatic rings. The number of aryl methyl sites for hydroxylation is 4. The molecule has 0 unspecified atom stereocenters. The molecule has 18 heteroatoms.